The molecular weight excluding hydrogens is 332 g/mol. The number of hydrogen-bond acceptors (Lipinski definition) is 5. The molecule has 3 aromatic rings. The van der Waals surface area contributed by atoms with E-state index in [0.29, 0.717) is 16.2 Å². The molecule has 23 heavy (non-hydrogen) atoms. The fourth-order valence-corrected chi connectivity index (χ4v) is 3.13. The maximum Gasteiger partial charge on any atom is 0.238 e. The SMILES string of the molecule is C[C@H](NCC(=O)Nc1cccc2nsnc12)c1ccccc1Cl. The van der Waals surface area contributed by atoms with E-state index >= 15 is 0 Å². The Kier molecular flexibility index (Phi) is 4.85. The van der Waals surface area contributed by atoms with Crippen molar-refractivity contribution in [2.45, 2.75) is 13.0 Å². The van der Waals surface area contributed by atoms with Gasteiger partial charge < -0.3 is 10.6 Å². The van der Waals surface area contributed by atoms with Gasteiger partial charge in [-0.05, 0) is 30.7 Å². The van der Waals surface area contributed by atoms with E-state index in [1.807, 2.05) is 49.4 Å². The minimum atomic E-state index is -0.135. The van der Waals surface area contributed by atoms with Gasteiger partial charge in [-0.2, -0.15) is 8.75 Å². The standard InChI is InChI=1S/C16H15ClN4OS/c1-10(11-5-2-3-6-12(11)17)18-9-15(22)19-13-7-4-8-14-16(13)21-23-20-14/h2-8,10,18H,9H2,1H3,(H,19,22)/t10-/m0/s1. The summed E-state index contributed by atoms with van der Waals surface area (Å²) < 4.78 is 8.36. The summed E-state index contributed by atoms with van der Waals surface area (Å²) in [5.41, 5.74) is 3.14. The second-order valence-corrected chi connectivity index (χ2v) is 6.05. The number of anilines is 1. The van der Waals surface area contributed by atoms with Crippen LogP contribution < -0.4 is 10.6 Å². The molecule has 0 fully saturated rings. The van der Waals surface area contributed by atoms with Gasteiger partial charge in [0.05, 0.1) is 24.0 Å². The number of nitrogens with one attached hydrogen (secondary N) is 2. The number of nitrogens with zero attached hydrogens (tertiary/aromatic N) is 2. The molecule has 0 bridgehead atoms. The molecule has 0 spiro atoms. The average Bonchev–Trinajstić information content (AvgIpc) is 3.03. The molecule has 1 atom stereocenters. The van der Waals surface area contributed by atoms with Crippen molar-refractivity contribution in [3.05, 3.63) is 53.1 Å². The molecule has 7 heteroatoms. The number of carbonyl (C=O) groups is 1. The van der Waals surface area contributed by atoms with Gasteiger partial charge in [0.15, 0.2) is 0 Å². The van der Waals surface area contributed by atoms with E-state index in [1.165, 1.54) is 0 Å². The molecule has 118 valence electrons. The molecule has 3 rings (SSSR count). The van der Waals surface area contributed by atoms with Crippen molar-refractivity contribution in [1.82, 2.24) is 14.1 Å². The largest absolute Gasteiger partial charge is 0.323 e. The summed E-state index contributed by atoms with van der Waals surface area (Å²) in [6.45, 7) is 2.15. The molecule has 2 N–H and O–H groups in total. The molecule has 1 amide bonds. The number of hydrogen-bond donors (Lipinski definition) is 2. The fourth-order valence-electron chi connectivity index (χ4n) is 2.28. The zero-order chi connectivity index (χ0) is 16.2. The van der Waals surface area contributed by atoms with Crippen LogP contribution in [0, 0.1) is 0 Å². The number of aromatic nitrogens is 2. The number of fused-ring (bicyclic) bond motifs is 1. The van der Waals surface area contributed by atoms with Crippen LogP contribution in [0.5, 0.6) is 0 Å². The Balaban J connectivity index is 1.62. The van der Waals surface area contributed by atoms with Gasteiger partial charge in [-0.25, -0.2) is 0 Å². The molecule has 1 heterocycles. The first-order valence-corrected chi connectivity index (χ1v) is 8.25. The predicted molar refractivity (Wildman–Crippen MR) is 93.9 cm³/mol. The minimum absolute atomic E-state index is 0.0221. The Hall–Kier alpha value is -2.02. The normalized spacial score (nSPS) is 12.3. The summed E-state index contributed by atoms with van der Waals surface area (Å²) in [5.74, 6) is -0.135. The lowest BCUT2D eigenvalue weighted by Crippen LogP contribution is -2.30. The monoisotopic (exact) mass is 346 g/mol. The number of carbonyl (C=O) groups excluding carboxylic acids is 1. The van der Waals surface area contributed by atoms with E-state index in [2.05, 4.69) is 19.4 Å². The Bertz CT molecular complexity index is 836. The van der Waals surface area contributed by atoms with E-state index in [9.17, 15) is 4.79 Å². The Morgan fingerprint density at radius 3 is 2.87 bits per heavy atom. The third-order valence-electron chi connectivity index (χ3n) is 3.50. The van der Waals surface area contributed by atoms with Crippen LogP contribution in [0.1, 0.15) is 18.5 Å². The van der Waals surface area contributed by atoms with Gasteiger partial charge in [-0.15, -0.1) is 0 Å². The summed E-state index contributed by atoms with van der Waals surface area (Å²) in [6, 6.07) is 13.1. The van der Waals surface area contributed by atoms with Crippen LogP contribution >= 0.6 is 23.3 Å². The van der Waals surface area contributed by atoms with Crippen LogP contribution in [0.2, 0.25) is 5.02 Å². The maximum absolute atomic E-state index is 12.1. The molecular formula is C16H15ClN4OS. The zero-order valence-corrected chi connectivity index (χ0v) is 14.0. The smallest absolute Gasteiger partial charge is 0.238 e. The van der Waals surface area contributed by atoms with E-state index < -0.39 is 0 Å². The average molecular weight is 347 g/mol. The molecule has 0 aliphatic carbocycles. The van der Waals surface area contributed by atoms with Gasteiger partial charge in [-0.3, -0.25) is 4.79 Å². The first-order valence-electron chi connectivity index (χ1n) is 7.14. The highest BCUT2D eigenvalue weighted by Crippen LogP contribution is 2.22. The lowest BCUT2D eigenvalue weighted by atomic mass is 10.1. The molecule has 0 aliphatic heterocycles. The van der Waals surface area contributed by atoms with Gasteiger partial charge >= 0.3 is 0 Å². The molecule has 1 aromatic heterocycles. The third kappa shape index (κ3) is 3.67. The second-order valence-electron chi connectivity index (χ2n) is 5.11. The molecule has 5 nitrogen and oxygen atoms in total. The summed E-state index contributed by atoms with van der Waals surface area (Å²) in [4.78, 5) is 12.1. The van der Waals surface area contributed by atoms with Crippen molar-refractivity contribution in [3.8, 4) is 0 Å². The first kappa shape index (κ1) is 15.9. The molecule has 2 aromatic carbocycles. The van der Waals surface area contributed by atoms with Crippen molar-refractivity contribution in [1.29, 1.82) is 0 Å². The lowest BCUT2D eigenvalue weighted by molar-refractivity contribution is -0.115. The van der Waals surface area contributed by atoms with Crippen molar-refractivity contribution in [3.63, 3.8) is 0 Å². The highest BCUT2D eigenvalue weighted by atomic mass is 35.5. The van der Waals surface area contributed by atoms with Gasteiger partial charge in [0.2, 0.25) is 5.91 Å². The summed E-state index contributed by atoms with van der Waals surface area (Å²) >= 11 is 7.29. The summed E-state index contributed by atoms with van der Waals surface area (Å²) in [6.07, 6.45) is 0. The van der Waals surface area contributed by atoms with Crippen LogP contribution in [0.4, 0.5) is 5.69 Å². The van der Waals surface area contributed by atoms with Crippen molar-refractivity contribution in [2.24, 2.45) is 0 Å². The summed E-state index contributed by atoms with van der Waals surface area (Å²) in [7, 11) is 0. The fraction of sp³-hybridized carbons (Fsp3) is 0.188. The highest BCUT2D eigenvalue weighted by Gasteiger charge is 2.12. The van der Waals surface area contributed by atoms with Gasteiger partial charge in [0.1, 0.15) is 11.0 Å². The lowest BCUT2D eigenvalue weighted by Gasteiger charge is -2.15. The van der Waals surface area contributed by atoms with E-state index in [-0.39, 0.29) is 18.5 Å². The van der Waals surface area contributed by atoms with E-state index in [0.717, 1.165) is 22.8 Å². The van der Waals surface area contributed by atoms with Crippen molar-refractivity contribution >= 4 is 46.0 Å². The number of benzene rings is 2. The number of amides is 1. The molecule has 0 aliphatic rings. The third-order valence-corrected chi connectivity index (χ3v) is 4.39. The Morgan fingerprint density at radius 1 is 1.22 bits per heavy atom. The van der Waals surface area contributed by atoms with Gasteiger partial charge in [0.25, 0.3) is 0 Å². The van der Waals surface area contributed by atoms with Crippen LogP contribution in [0.15, 0.2) is 42.5 Å². The molecule has 0 unspecified atom stereocenters. The number of halogens is 1. The topological polar surface area (TPSA) is 66.9 Å². The highest BCUT2D eigenvalue weighted by molar-refractivity contribution is 7.00. The van der Waals surface area contributed by atoms with Gasteiger partial charge in [-0.1, -0.05) is 35.9 Å². The van der Waals surface area contributed by atoms with Crippen LogP contribution in [0.3, 0.4) is 0 Å². The molecule has 0 saturated heterocycles. The van der Waals surface area contributed by atoms with Crippen molar-refractivity contribution < 1.29 is 4.79 Å². The maximum atomic E-state index is 12.1. The number of rotatable bonds is 5. The molecule has 0 saturated carbocycles. The quantitative estimate of drug-likeness (QED) is 0.740. The van der Waals surface area contributed by atoms with Crippen LogP contribution in [-0.2, 0) is 4.79 Å². The van der Waals surface area contributed by atoms with Crippen LogP contribution in [0.25, 0.3) is 11.0 Å². The Labute approximate surface area is 143 Å². The van der Waals surface area contributed by atoms with E-state index in [4.69, 9.17) is 11.6 Å². The summed E-state index contributed by atoms with van der Waals surface area (Å²) in [5, 5.41) is 6.72. The van der Waals surface area contributed by atoms with Crippen molar-refractivity contribution in [2.75, 3.05) is 11.9 Å². The van der Waals surface area contributed by atoms with E-state index in [1.54, 1.807) is 0 Å². The first-order chi connectivity index (χ1) is 11.1. The van der Waals surface area contributed by atoms with Gasteiger partial charge in [0, 0.05) is 11.1 Å². The zero-order valence-electron chi connectivity index (χ0n) is 12.4. The minimum Gasteiger partial charge on any atom is -0.323 e. The predicted octanol–water partition coefficient (Wildman–Crippen LogP) is 3.63. The molecule has 0 radical (unpaired) electrons. The Morgan fingerprint density at radius 2 is 2.04 bits per heavy atom. The van der Waals surface area contributed by atoms with Crippen LogP contribution in [-0.4, -0.2) is 21.2 Å². The second kappa shape index (κ2) is 7.04.